The Labute approximate surface area is 150 Å². The molecule has 24 heavy (non-hydrogen) atoms. The lowest BCUT2D eigenvalue weighted by Crippen LogP contribution is -2.28. The van der Waals surface area contributed by atoms with E-state index in [9.17, 15) is 4.79 Å². The van der Waals surface area contributed by atoms with Crippen LogP contribution in [0.4, 0.5) is 0 Å². The van der Waals surface area contributed by atoms with Crippen molar-refractivity contribution in [2.24, 2.45) is 5.92 Å². The molecule has 0 fully saturated rings. The first-order chi connectivity index (χ1) is 11.6. The van der Waals surface area contributed by atoms with Crippen molar-refractivity contribution in [1.29, 1.82) is 0 Å². The molecule has 6 heteroatoms. The molecule has 0 aromatic carbocycles. The Morgan fingerprint density at radius 1 is 1.46 bits per heavy atom. The quantitative estimate of drug-likeness (QED) is 0.442. The van der Waals surface area contributed by atoms with Gasteiger partial charge >= 0.3 is 0 Å². The first kappa shape index (κ1) is 17.5. The molecule has 0 N–H and O–H groups in total. The van der Waals surface area contributed by atoms with Crippen LogP contribution in [0.3, 0.4) is 0 Å². The number of hydrogen-bond donors (Lipinski definition) is 0. The average molecular weight is 363 g/mol. The maximum atomic E-state index is 13.1. The minimum absolute atomic E-state index is 0.0355. The lowest BCUT2D eigenvalue weighted by Gasteiger charge is -2.26. The van der Waals surface area contributed by atoms with Crippen molar-refractivity contribution in [3.05, 3.63) is 46.1 Å². The molecule has 2 aromatic rings. The number of thiophene rings is 1. The number of fused-ring (bicyclic) bond motifs is 3. The molecule has 0 bridgehead atoms. The largest absolute Gasteiger partial charge is 0.372 e. The minimum atomic E-state index is 0.0355. The number of nitrogens with zero attached hydrogens (tertiary/aromatic N) is 2. The first-order valence-electron chi connectivity index (χ1n) is 8.08. The van der Waals surface area contributed by atoms with E-state index in [0.29, 0.717) is 19.1 Å². The zero-order chi connectivity index (χ0) is 17.3. The molecule has 1 atom stereocenters. The summed E-state index contributed by atoms with van der Waals surface area (Å²) >= 11 is 3.12. The van der Waals surface area contributed by atoms with E-state index in [1.54, 1.807) is 22.0 Å². The molecule has 0 radical (unpaired) electrons. The lowest BCUT2D eigenvalue weighted by atomic mass is 9.96. The number of hydrogen-bond acceptors (Lipinski definition) is 5. The zero-order valence-electron chi connectivity index (χ0n) is 14.1. The predicted molar refractivity (Wildman–Crippen MR) is 102 cm³/mol. The van der Waals surface area contributed by atoms with E-state index in [1.807, 2.05) is 6.08 Å². The fourth-order valence-corrected chi connectivity index (χ4v) is 4.81. The van der Waals surface area contributed by atoms with E-state index >= 15 is 0 Å². The van der Waals surface area contributed by atoms with Crippen molar-refractivity contribution in [1.82, 2.24) is 9.55 Å². The summed E-state index contributed by atoms with van der Waals surface area (Å²) in [6, 6.07) is 0. The van der Waals surface area contributed by atoms with Gasteiger partial charge in [0.25, 0.3) is 5.56 Å². The van der Waals surface area contributed by atoms with E-state index < -0.39 is 0 Å². The van der Waals surface area contributed by atoms with Crippen molar-refractivity contribution in [3.8, 4) is 0 Å². The average Bonchev–Trinajstić information content (AvgIpc) is 2.93. The van der Waals surface area contributed by atoms with E-state index in [1.165, 1.54) is 11.8 Å². The molecule has 4 nitrogen and oxygen atoms in total. The monoisotopic (exact) mass is 362 g/mol. The van der Waals surface area contributed by atoms with Crippen LogP contribution in [0.5, 0.6) is 0 Å². The molecule has 128 valence electrons. The van der Waals surface area contributed by atoms with Gasteiger partial charge in [-0.2, -0.15) is 0 Å². The fraction of sp³-hybridized carbons (Fsp3) is 0.444. The molecule has 0 amide bonds. The molecule has 0 aliphatic carbocycles. The summed E-state index contributed by atoms with van der Waals surface area (Å²) in [6.07, 6.45) is 4.51. The van der Waals surface area contributed by atoms with Gasteiger partial charge in [0.1, 0.15) is 4.83 Å². The standard InChI is InChI=1S/C18H22N2O2S2/c1-5-7-20-17(21)15-12-9-13(11(3)4)22-10-14(12)24-16(15)19-18(20)23-8-6-2/h5-6,11,13H,1-2,7-10H2,3-4H3. The molecular weight excluding hydrogens is 340 g/mol. The van der Waals surface area contributed by atoms with Crippen LogP contribution in [0.2, 0.25) is 0 Å². The van der Waals surface area contributed by atoms with Crippen LogP contribution in [0.1, 0.15) is 24.3 Å². The summed E-state index contributed by atoms with van der Waals surface area (Å²) in [7, 11) is 0. The summed E-state index contributed by atoms with van der Waals surface area (Å²) in [4.78, 5) is 19.8. The van der Waals surface area contributed by atoms with Gasteiger partial charge in [-0.25, -0.2) is 4.98 Å². The SMILES string of the molecule is C=CCSc1nc2sc3c(c2c(=O)n1CC=C)CC(C(C)C)OC3. The van der Waals surface area contributed by atoms with E-state index in [2.05, 4.69) is 27.0 Å². The summed E-state index contributed by atoms with van der Waals surface area (Å²) in [5.74, 6) is 1.15. The third-order valence-corrected chi connectivity index (χ3v) is 6.25. The maximum Gasteiger partial charge on any atom is 0.263 e. The summed E-state index contributed by atoms with van der Waals surface area (Å²) < 4.78 is 7.67. The molecule has 0 saturated heterocycles. The Bertz CT molecular complexity index is 836. The van der Waals surface area contributed by atoms with Crippen LogP contribution in [0.15, 0.2) is 35.3 Å². The van der Waals surface area contributed by atoms with Gasteiger partial charge in [-0.1, -0.05) is 37.8 Å². The molecule has 0 saturated carbocycles. The number of allylic oxidation sites excluding steroid dienone is 1. The van der Waals surface area contributed by atoms with E-state index in [0.717, 1.165) is 38.0 Å². The third-order valence-electron chi connectivity index (χ3n) is 4.18. The van der Waals surface area contributed by atoms with Crippen LogP contribution in [0, 0.1) is 5.92 Å². The summed E-state index contributed by atoms with van der Waals surface area (Å²) in [5.41, 5.74) is 1.17. The number of aromatic nitrogens is 2. The Morgan fingerprint density at radius 3 is 2.92 bits per heavy atom. The molecule has 1 aliphatic heterocycles. The Kier molecular flexibility index (Phi) is 5.27. The third kappa shape index (κ3) is 3.10. The van der Waals surface area contributed by atoms with Gasteiger partial charge < -0.3 is 4.74 Å². The number of thioether (sulfide) groups is 1. The first-order valence-corrected chi connectivity index (χ1v) is 9.88. The molecule has 1 aliphatic rings. The molecule has 3 heterocycles. The molecule has 0 spiro atoms. The zero-order valence-corrected chi connectivity index (χ0v) is 15.7. The van der Waals surface area contributed by atoms with Gasteiger partial charge in [0.05, 0.1) is 18.1 Å². The topological polar surface area (TPSA) is 44.1 Å². The second-order valence-corrected chi connectivity index (χ2v) is 8.25. The predicted octanol–water partition coefficient (Wildman–Crippen LogP) is 4.02. The highest BCUT2D eigenvalue weighted by Gasteiger charge is 2.28. The van der Waals surface area contributed by atoms with Crippen molar-refractivity contribution in [2.75, 3.05) is 5.75 Å². The highest BCUT2D eigenvalue weighted by molar-refractivity contribution is 7.99. The van der Waals surface area contributed by atoms with Gasteiger partial charge in [-0.15, -0.1) is 24.5 Å². The molecule has 3 rings (SSSR count). The lowest BCUT2D eigenvalue weighted by molar-refractivity contribution is 0.00200. The van der Waals surface area contributed by atoms with Gasteiger partial charge in [-0.3, -0.25) is 9.36 Å². The second-order valence-electron chi connectivity index (χ2n) is 6.18. The van der Waals surface area contributed by atoms with Crippen LogP contribution < -0.4 is 5.56 Å². The minimum Gasteiger partial charge on any atom is -0.372 e. The normalized spacial score (nSPS) is 17.2. The Morgan fingerprint density at radius 2 is 2.25 bits per heavy atom. The number of rotatable bonds is 6. The Balaban J connectivity index is 2.16. The van der Waals surface area contributed by atoms with Crippen molar-refractivity contribution >= 4 is 33.3 Å². The summed E-state index contributed by atoms with van der Waals surface area (Å²) in [5, 5.41) is 1.50. The summed E-state index contributed by atoms with van der Waals surface area (Å²) in [6.45, 7) is 12.9. The molecule has 1 unspecified atom stereocenters. The smallest absolute Gasteiger partial charge is 0.263 e. The fourth-order valence-electron chi connectivity index (χ4n) is 2.90. The van der Waals surface area contributed by atoms with E-state index in [4.69, 9.17) is 9.72 Å². The van der Waals surface area contributed by atoms with Crippen LogP contribution in [0.25, 0.3) is 10.2 Å². The van der Waals surface area contributed by atoms with Gasteiger partial charge in [0.15, 0.2) is 5.16 Å². The van der Waals surface area contributed by atoms with Gasteiger partial charge in [0.2, 0.25) is 0 Å². The highest BCUT2D eigenvalue weighted by atomic mass is 32.2. The molecule has 2 aromatic heterocycles. The van der Waals surface area contributed by atoms with Gasteiger partial charge in [-0.05, 0) is 11.5 Å². The second kappa shape index (κ2) is 7.25. The van der Waals surface area contributed by atoms with Crippen molar-refractivity contribution < 1.29 is 4.74 Å². The van der Waals surface area contributed by atoms with Crippen molar-refractivity contribution in [2.45, 2.75) is 44.7 Å². The highest BCUT2D eigenvalue weighted by Crippen LogP contribution is 2.35. The van der Waals surface area contributed by atoms with Gasteiger partial charge in [0, 0.05) is 23.6 Å². The number of ether oxygens (including phenoxy) is 1. The van der Waals surface area contributed by atoms with Crippen LogP contribution in [-0.4, -0.2) is 21.4 Å². The maximum absolute atomic E-state index is 13.1. The van der Waals surface area contributed by atoms with Crippen molar-refractivity contribution in [3.63, 3.8) is 0 Å². The van der Waals surface area contributed by atoms with Crippen LogP contribution >= 0.6 is 23.1 Å². The van der Waals surface area contributed by atoms with E-state index in [-0.39, 0.29) is 11.7 Å². The molecular formula is C18H22N2O2S2. The van der Waals surface area contributed by atoms with Crippen LogP contribution in [-0.2, 0) is 24.3 Å². The Hall–Kier alpha value is -1.37.